The van der Waals surface area contributed by atoms with Crippen LogP contribution in [0, 0.1) is 0 Å². The lowest BCUT2D eigenvalue weighted by molar-refractivity contribution is -0.122. The fourth-order valence-electron chi connectivity index (χ4n) is 2.28. The molecule has 2 amide bonds. The van der Waals surface area contributed by atoms with Gasteiger partial charge >= 0.3 is 6.09 Å². The van der Waals surface area contributed by atoms with Gasteiger partial charge in [0.2, 0.25) is 5.91 Å². The molecule has 0 aliphatic heterocycles. The molecule has 5 heteroatoms. The number of carbonyl (C=O) groups excluding carboxylic acids is 2. The Morgan fingerprint density at radius 2 is 1.54 bits per heavy atom. The molecule has 1 aromatic rings. The molecule has 2 N–H and O–H groups in total. The van der Waals surface area contributed by atoms with Crippen LogP contribution < -0.4 is 10.6 Å². The summed E-state index contributed by atoms with van der Waals surface area (Å²) in [6, 6.07) is 10.0. The number of nitrogens with one attached hydrogen (secondary N) is 2. The van der Waals surface area contributed by atoms with Gasteiger partial charge in [0, 0.05) is 19.5 Å². The van der Waals surface area contributed by atoms with Gasteiger partial charge in [0.1, 0.15) is 5.60 Å². The maximum absolute atomic E-state index is 12.1. The maximum Gasteiger partial charge on any atom is 0.407 e. The Morgan fingerprint density at radius 1 is 0.958 bits per heavy atom. The van der Waals surface area contributed by atoms with Crippen LogP contribution >= 0.6 is 0 Å². The molecule has 0 saturated heterocycles. The van der Waals surface area contributed by atoms with Crippen LogP contribution in [0.1, 0.15) is 53.0 Å². The highest BCUT2D eigenvalue weighted by Crippen LogP contribution is 2.26. The number of hydrogen-bond acceptors (Lipinski definition) is 3. The molecule has 0 fully saturated rings. The van der Waals surface area contributed by atoms with E-state index in [9.17, 15) is 9.59 Å². The smallest absolute Gasteiger partial charge is 0.407 e. The van der Waals surface area contributed by atoms with Crippen LogP contribution in [0.4, 0.5) is 4.79 Å². The van der Waals surface area contributed by atoms with Crippen molar-refractivity contribution in [3.8, 4) is 0 Å². The predicted octanol–water partition coefficient (Wildman–Crippen LogP) is 3.39. The average molecular weight is 334 g/mol. The minimum Gasteiger partial charge on any atom is -0.444 e. The zero-order valence-electron chi connectivity index (χ0n) is 15.4. The van der Waals surface area contributed by atoms with Crippen molar-refractivity contribution in [1.82, 2.24) is 10.6 Å². The fourth-order valence-corrected chi connectivity index (χ4v) is 2.28. The topological polar surface area (TPSA) is 67.4 Å². The Morgan fingerprint density at radius 3 is 2.12 bits per heavy atom. The van der Waals surface area contributed by atoms with Crippen molar-refractivity contribution in [2.24, 2.45) is 0 Å². The number of amides is 2. The lowest BCUT2D eigenvalue weighted by Gasteiger charge is -2.24. The first-order valence-electron chi connectivity index (χ1n) is 8.39. The molecule has 0 aliphatic rings. The van der Waals surface area contributed by atoms with E-state index in [2.05, 4.69) is 24.5 Å². The fraction of sp³-hybridized carbons (Fsp3) is 0.579. The van der Waals surface area contributed by atoms with E-state index in [0.29, 0.717) is 25.9 Å². The lowest BCUT2D eigenvalue weighted by atomic mass is 9.81. The molecule has 1 rings (SSSR count). The maximum atomic E-state index is 12.1. The number of alkyl carbamates (subject to hydrolysis) is 1. The first kappa shape index (κ1) is 20.0. The summed E-state index contributed by atoms with van der Waals surface area (Å²) < 4.78 is 5.14. The van der Waals surface area contributed by atoms with Crippen molar-refractivity contribution < 1.29 is 14.3 Å². The number of benzene rings is 1. The minimum atomic E-state index is -0.499. The molecule has 0 atom stereocenters. The Labute approximate surface area is 145 Å². The van der Waals surface area contributed by atoms with Crippen LogP contribution in [0.5, 0.6) is 0 Å². The van der Waals surface area contributed by atoms with Crippen molar-refractivity contribution in [2.75, 3.05) is 13.1 Å². The highest BCUT2D eigenvalue weighted by molar-refractivity contribution is 5.77. The van der Waals surface area contributed by atoms with Crippen molar-refractivity contribution in [2.45, 2.75) is 58.5 Å². The highest BCUT2D eigenvalue weighted by Gasteiger charge is 2.23. The van der Waals surface area contributed by atoms with Crippen LogP contribution in [0.3, 0.4) is 0 Å². The third-order valence-corrected chi connectivity index (χ3v) is 3.50. The normalized spacial score (nSPS) is 11.7. The molecule has 0 saturated carbocycles. The number of rotatable bonds is 7. The molecule has 0 aliphatic carbocycles. The van der Waals surface area contributed by atoms with Gasteiger partial charge in [-0.25, -0.2) is 4.79 Å². The lowest BCUT2D eigenvalue weighted by Crippen LogP contribution is -2.35. The van der Waals surface area contributed by atoms with Crippen LogP contribution in [-0.4, -0.2) is 30.7 Å². The summed E-state index contributed by atoms with van der Waals surface area (Å²) in [7, 11) is 0. The largest absolute Gasteiger partial charge is 0.444 e. The zero-order chi connectivity index (χ0) is 18.2. The van der Waals surface area contributed by atoms with Gasteiger partial charge in [-0.05, 0) is 38.2 Å². The van der Waals surface area contributed by atoms with E-state index in [1.807, 2.05) is 51.1 Å². The van der Waals surface area contributed by atoms with Crippen molar-refractivity contribution >= 4 is 12.0 Å². The zero-order valence-corrected chi connectivity index (χ0v) is 15.4. The molecule has 1 aromatic carbocycles. The summed E-state index contributed by atoms with van der Waals surface area (Å²) in [5.41, 5.74) is 0.438. The van der Waals surface area contributed by atoms with E-state index >= 15 is 0 Å². The van der Waals surface area contributed by atoms with E-state index in [-0.39, 0.29) is 11.3 Å². The molecule has 0 unspecified atom stereocenters. The van der Waals surface area contributed by atoms with Crippen LogP contribution in [0.25, 0.3) is 0 Å². The Hall–Kier alpha value is -2.04. The predicted molar refractivity (Wildman–Crippen MR) is 95.9 cm³/mol. The molecular weight excluding hydrogens is 304 g/mol. The summed E-state index contributed by atoms with van der Waals surface area (Å²) in [6.07, 6.45) is 0.659. The number of ether oxygens (including phenoxy) is 1. The molecule has 0 heterocycles. The SMILES string of the molecule is CC(C)(C)OC(=O)NCCCNC(=O)CC(C)(C)c1ccccc1. The molecule has 134 valence electrons. The van der Waals surface area contributed by atoms with Gasteiger partial charge < -0.3 is 15.4 Å². The Bertz CT molecular complexity index is 533. The highest BCUT2D eigenvalue weighted by atomic mass is 16.6. The van der Waals surface area contributed by atoms with E-state index in [0.717, 1.165) is 5.56 Å². The molecule has 24 heavy (non-hydrogen) atoms. The summed E-state index contributed by atoms with van der Waals surface area (Å²) in [6.45, 7) is 10.6. The van der Waals surface area contributed by atoms with Crippen LogP contribution in [0.2, 0.25) is 0 Å². The average Bonchev–Trinajstić information content (AvgIpc) is 2.45. The van der Waals surface area contributed by atoms with E-state index in [4.69, 9.17) is 4.74 Å². The van der Waals surface area contributed by atoms with Crippen LogP contribution in [0.15, 0.2) is 30.3 Å². The standard InChI is InChI=1S/C19H30N2O3/c1-18(2,3)24-17(23)21-13-9-12-20-16(22)14-19(4,5)15-10-7-6-8-11-15/h6-8,10-11H,9,12-14H2,1-5H3,(H,20,22)(H,21,23). The summed E-state index contributed by atoms with van der Waals surface area (Å²) in [5, 5.41) is 5.57. The van der Waals surface area contributed by atoms with Gasteiger partial charge in [-0.2, -0.15) is 0 Å². The minimum absolute atomic E-state index is 0.0149. The summed E-state index contributed by atoms with van der Waals surface area (Å²) >= 11 is 0. The van der Waals surface area contributed by atoms with Gasteiger partial charge in [0.15, 0.2) is 0 Å². The Kier molecular flexibility index (Phi) is 7.26. The van der Waals surface area contributed by atoms with Crippen LogP contribution in [-0.2, 0) is 14.9 Å². The second-order valence-corrected chi connectivity index (χ2v) is 7.56. The van der Waals surface area contributed by atoms with Gasteiger partial charge in [-0.1, -0.05) is 44.2 Å². The van der Waals surface area contributed by atoms with E-state index in [1.54, 1.807) is 0 Å². The molecule has 0 bridgehead atoms. The molecule has 0 radical (unpaired) electrons. The third kappa shape index (κ3) is 7.99. The number of carbonyl (C=O) groups is 2. The quantitative estimate of drug-likeness (QED) is 0.751. The third-order valence-electron chi connectivity index (χ3n) is 3.50. The Balaban J connectivity index is 2.24. The van der Waals surface area contributed by atoms with Crippen molar-refractivity contribution in [1.29, 1.82) is 0 Å². The molecule has 0 aromatic heterocycles. The molecular formula is C19H30N2O3. The van der Waals surface area contributed by atoms with Crippen molar-refractivity contribution in [3.05, 3.63) is 35.9 Å². The first-order chi connectivity index (χ1) is 11.1. The second kappa shape index (κ2) is 8.71. The van der Waals surface area contributed by atoms with Gasteiger partial charge in [-0.15, -0.1) is 0 Å². The molecule has 5 nitrogen and oxygen atoms in total. The van der Waals surface area contributed by atoms with Gasteiger partial charge in [0.25, 0.3) is 0 Å². The van der Waals surface area contributed by atoms with E-state index < -0.39 is 11.7 Å². The number of hydrogen-bond donors (Lipinski definition) is 2. The summed E-state index contributed by atoms with van der Waals surface area (Å²) in [4.78, 5) is 23.6. The van der Waals surface area contributed by atoms with E-state index in [1.165, 1.54) is 0 Å². The molecule has 0 spiro atoms. The second-order valence-electron chi connectivity index (χ2n) is 7.56. The monoisotopic (exact) mass is 334 g/mol. The summed E-state index contributed by atoms with van der Waals surface area (Å²) in [5.74, 6) is 0.0149. The van der Waals surface area contributed by atoms with Gasteiger partial charge in [0.05, 0.1) is 0 Å². The van der Waals surface area contributed by atoms with Gasteiger partial charge in [-0.3, -0.25) is 4.79 Å². The van der Waals surface area contributed by atoms with Crippen molar-refractivity contribution in [3.63, 3.8) is 0 Å². The first-order valence-corrected chi connectivity index (χ1v) is 8.39.